The molecule has 5 nitrogen and oxygen atoms in total. The molecule has 1 aromatic heterocycles. The zero-order chi connectivity index (χ0) is 15.4. The van der Waals surface area contributed by atoms with Gasteiger partial charge in [-0.15, -0.1) is 0 Å². The second-order valence-electron chi connectivity index (χ2n) is 6.80. The summed E-state index contributed by atoms with van der Waals surface area (Å²) in [5.74, 6) is 1.07. The Hall–Kier alpha value is -1.65. The number of aromatic amines is 1. The van der Waals surface area contributed by atoms with Gasteiger partial charge in [-0.25, -0.2) is 5.10 Å². The molecule has 1 saturated carbocycles. The molecule has 0 unspecified atom stereocenters. The molecule has 2 heterocycles. The third-order valence-corrected chi connectivity index (χ3v) is 5.48. The summed E-state index contributed by atoms with van der Waals surface area (Å²) in [6.07, 6.45) is 1.38. The van der Waals surface area contributed by atoms with Crippen molar-refractivity contribution < 1.29 is 4.79 Å². The Morgan fingerprint density at radius 3 is 2.43 bits per heavy atom. The lowest BCUT2D eigenvalue weighted by molar-refractivity contribution is 0.0754. The van der Waals surface area contributed by atoms with Gasteiger partial charge in [-0.3, -0.25) is 9.59 Å². The van der Waals surface area contributed by atoms with E-state index >= 15 is 0 Å². The van der Waals surface area contributed by atoms with Gasteiger partial charge in [-0.05, 0) is 35.7 Å². The first-order valence-corrected chi connectivity index (χ1v) is 7.81. The first-order chi connectivity index (χ1) is 9.91. The summed E-state index contributed by atoms with van der Waals surface area (Å²) in [7, 11) is 0. The monoisotopic (exact) mass is 289 g/mol. The zero-order valence-electron chi connectivity index (χ0n) is 13.2. The minimum Gasteiger partial charge on any atom is -0.338 e. The Kier molecular flexibility index (Phi) is 3.19. The Balaban J connectivity index is 1.91. The Bertz CT molecular complexity index is 633. The molecule has 1 aliphatic carbocycles. The van der Waals surface area contributed by atoms with Crippen LogP contribution in [0.25, 0.3) is 0 Å². The van der Waals surface area contributed by atoms with Crippen molar-refractivity contribution in [2.75, 3.05) is 13.1 Å². The predicted octanol–water partition coefficient (Wildman–Crippen LogP) is 1.62. The van der Waals surface area contributed by atoms with Crippen LogP contribution in [0.15, 0.2) is 4.79 Å². The van der Waals surface area contributed by atoms with Crippen molar-refractivity contribution >= 4 is 5.91 Å². The van der Waals surface area contributed by atoms with Crippen molar-refractivity contribution in [1.29, 1.82) is 0 Å². The van der Waals surface area contributed by atoms with Crippen LogP contribution in [0.3, 0.4) is 0 Å². The molecule has 1 amide bonds. The number of likely N-dealkylation sites (tertiary alicyclic amines) is 1. The fraction of sp³-hybridized carbons (Fsp3) is 0.688. The van der Waals surface area contributed by atoms with Crippen LogP contribution in [0, 0.1) is 17.3 Å². The van der Waals surface area contributed by atoms with E-state index in [4.69, 9.17) is 0 Å². The minimum absolute atomic E-state index is 0.117. The summed E-state index contributed by atoms with van der Waals surface area (Å²) in [5, 5.41) is 6.56. The number of nitrogens with zero attached hydrogens (tertiary/aromatic N) is 2. The lowest BCUT2D eigenvalue weighted by Crippen LogP contribution is -2.37. The van der Waals surface area contributed by atoms with Crippen LogP contribution in [0.2, 0.25) is 0 Å². The zero-order valence-corrected chi connectivity index (χ0v) is 13.2. The van der Waals surface area contributed by atoms with Crippen LogP contribution in [0.5, 0.6) is 0 Å². The second kappa shape index (κ2) is 4.68. The van der Waals surface area contributed by atoms with Gasteiger partial charge in [0.05, 0.1) is 5.69 Å². The SMILES string of the molecule is CCc1n[nH]c(=O)c(C(=O)N2C[C@H]3[C@H](C2)C3(C)C)c1CC. The Labute approximate surface area is 124 Å². The average molecular weight is 289 g/mol. The van der Waals surface area contributed by atoms with Crippen LogP contribution in [0.4, 0.5) is 0 Å². The first-order valence-electron chi connectivity index (χ1n) is 7.81. The van der Waals surface area contributed by atoms with E-state index in [1.54, 1.807) is 0 Å². The van der Waals surface area contributed by atoms with Gasteiger partial charge in [0, 0.05) is 13.1 Å². The highest BCUT2D eigenvalue weighted by molar-refractivity contribution is 5.95. The van der Waals surface area contributed by atoms with E-state index < -0.39 is 0 Å². The molecule has 0 radical (unpaired) electrons. The molecule has 114 valence electrons. The van der Waals surface area contributed by atoms with Crippen molar-refractivity contribution in [2.45, 2.75) is 40.5 Å². The van der Waals surface area contributed by atoms with E-state index in [0.29, 0.717) is 29.2 Å². The van der Waals surface area contributed by atoms with Crippen LogP contribution in [-0.2, 0) is 12.8 Å². The summed E-state index contributed by atoms with van der Waals surface area (Å²) in [6.45, 7) is 10.0. The van der Waals surface area contributed by atoms with Gasteiger partial charge in [-0.2, -0.15) is 5.10 Å². The van der Waals surface area contributed by atoms with E-state index in [9.17, 15) is 9.59 Å². The highest BCUT2D eigenvalue weighted by Gasteiger charge is 2.62. The number of rotatable bonds is 3. The lowest BCUT2D eigenvalue weighted by atomic mass is 10.0. The number of aromatic nitrogens is 2. The van der Waals surface area contributed by atoms with Gasteiger partial charge in [0.2, 0.25) is 0 Å². The topological polar surface area (TPSA) is 66.1 Å². The molecule has 2 fully saturated rings. The molecule has 1 saturated heterocycles. The number of hydrogen-bond donors (Lipinski definition) is 1. The van der Waals surface area contributed by atoms with E-state index in [-0.39, 0.29) is 11.5 Å². The molecule has 0 bridgehead atoms. The second-order valence-corrected chi connectivity index (χ2v) is 6.80. The Morgan fingerprint density at radius 2 is 1.90 bits per heavy atom. The summed E-state index contributed by atoms with van der Waals surface area (Å²) >= 11 is 0. The van der Waals surface area contributed by atoms with Gasteiger partial charge in [-0.1, -0.05) is 27.7 Å². The third-order valence-electron chi connectivity index (χ3n) is 5.48. The van der Waals surface area contributed by atoms with Crippen molar-refractivity contribution in [3.8, 4) is 0 Å². The molecule has 2 atom stereocenters. The molecule has 1 aliphatic heterocycles. The maximum atomic E-state index is 12.8. The highest BCUT2D eigenvalue weighted by atomic mass is 16.2. The smallest absolute Gasteiger partial charge is 0.277 e. The number of fused-ring (bicyclic) bond motifs is 1. The number of amides is 1. The van der Waals surface area contributed by atoms with Crippen LogP contribution >= 0.6 is 0 Å². The van der Waals surface area contributed by atoms with Gasteiger partial charge in [0.25, 0.3) is 11.5 Å². The third kappa shape index (κ3) is 2.01. The number of H-pyrrole nitrogens is 1. The molecule has 0 aromatic carbocycles. The molecule has 1 aromatic rings. The fourth-order valence-corrected chi connectivity index (χ4v) is 3.88. The average Bonchev–Trinajstić information content (AvgIpc) is 2.84. The molecule has 21 heavy (non-hydrogen) atoms. The lowest BCUT2D eigenvalue weighted by Gasteiger charge is -2.23. The van der Waals surface area contributed by atoms with Crippen molar-refractivity contribution in [1.82, 2.24) is 15.1 Å². The summed E-state index contributed by atoms with van der Waals surface area (Å²) in [5.41, 5.74) is 1.96. The molecule has 1 N–H and O–H groups in total. The van der Waals surface area contributed by atoms with Gasteiger partial charge >= 0.3 is 0 Å². The summed E-state index contributed by atoms with van der Waals surface area (Å²) in [6, 6.07) is 0. The van der Waals surface area contributed by atoms with Crippen molar-refractivity contribution in [3.05, 3.63) is 27.2 Å². The van der Waals surface area contributed by atoms with Crippen LogP contribution in [0.1, 0.15) is 49.3 Å². The number of carbonyl (C=O) groups is 1. The quantitative estimate of drug-likeness (QED) is 0.919. The molecule has 0 spiro atoms. The highest BCUT2D eigenvalue weighted by Crippen LogP contribution is 2.62. The first kappa shape index (κ1) is 14.3. The minimum atomic E-state index is -0.353. The predicted molar refractivity (Wildman–Crippen MR) is 80.3 cm³/mol. The number of carbonyl (C=O) groups excluding carboxylic acids is 1. The number of hydrogen-bond acceptors (Lipinski definition) is 3. The van der Waals surface area contributed by atoms with E-state index in [1.807, 2.05) is 18.7 Å². The van der Waals surface area contributed by atoms with E-state index in [0.717, 1.165) is 30.8 Å². The summed E-state index contributed by atoms with van der Waals surface area (Å²) in [4.78, 5) is 26.7. The van der Waals surface area contributed by atoms with Crippen molar-refractivity contribution in [3.63, 3.8) is 0 Å². The number of nitrogens with one attached hydrogen (secondary N) is 1. The Morgan fingerprint density at radius 1 is 1.29 bits per heavy atom. The number of piperidine rings is 1. The van der Waals surface area contributed by atoms with Gasteiger partial charge in [0.1, 0.15) is 5.56 Å². The van der Waals surface area contributed by atoms with Crippen molar-refractivity contribution in [2.24, 2.45) is 17.3 Å². The molecule has 3 rings (SSSR count). The molecular formula is C16H23N3O2. The van der Waals surface area contributed by atoms with Gasteiger partial charge < -0.3 is 4.90 Å². The molecular weight excluding hydrogens is 266 g/mol. The number of aryl methyl sites for hydroxylation is 1. The van der Waals surface area contributed by atoms with Gasteiger partial charge in [0.15, 0.2) is 0 Å². The van der Waals surface area contributed by atoms with Crippen LogP contribution in [-0.4, -0.2) is 34.1 Å². The fourth-order valence-electron chi connectivity index (χ4n) is 3.88. The van der Waals surface area contributed by atoms with E-state index in [1.165, 1.54) is 0 Å². The molecule has 2 aliphatic rings. The largest absolute Gasteiger partial charge is 0.338 e. The van der Waals surface area contributed by atoms with Crippen LogP contribution < -0.4 is 5.56 Å². The summed E-state index contributed by atoms with van der Waals surface area (Å²) < 4.78 is 0. The standard InChI is InChI=1S/C16H23N3O2/c1-5-9-12(6-2)17-18-14(20)13(9)15(21)19-7-10-11(8-19)16(10,3)4/h10-11H,5-8H2,1-4H3,(H,18,20)/t10-,11-/m0/s1. The maximum absolute atomic E-state index is 12.8. The molecule has 5 heteroatoms. The normalized spacial score (nSPS) is 25.8. The maximum Gasteiger partial charge on any atom is 0.277 e. The van der Waals surface area contributed by atoms with E-state index in [2.05, 4.69) is 24.0 Å².